The van der Waals surface area contributed by atoms with Gasteiger partial charge in [0.05, 0.1) is 5.75 Å². The number of guanidine groups is 1. The Morgan fingerprint density at radius 3 is 2.85 bits per heavy atom. The zero-order valence-corrected chi connectivity index (χ0v) is 11.0. The van der Waals surface area contributed by atoms with Gasteiger partial charge in [-0.3, -0.25) is 10.2 Å². The molecule has 0 atom stereocenters. The molecule has 0 unspecified atom stereocenters. The number of thioether (sulfide) groups is 1. The summed E-state index contributed by atoms with van der Waals surface area (Å²) in [6, 6.07) is 4.98. The molecule has 2 rings (SSSR count). The van der Waals surface area contributed by atoms with Gasteiger partial charge in [0.2, 0.25) is 0 Å². The molecule has 9 nitrogen and oxygen atoms in total. The fraction of sp³-hybridized carbons (Fsp3) is 0.100. The molecule has 10 heteroatoms. The summed E-state index contributed by atoms with van der Waals surface area (Å²) in [5, 5.41) is 11.1. The van der Waals surface area contributed by atoms with E-state index in [-0.39, 0.29) is 16.9 Å². The van der Waals surface area contributed by atoms with Crippen LogP contribution in [0.2, 0.25) is 0 Å². The van der Waals surface area contributed by atoms with Crippen LogP contribution in [0.5, 0.6) is 0 Å². The molecule has 2 heterocycles. The van der Waals surface area contributed by atoms with Crippen LogP contribution < -0.4 is 17.2 Å². The highest BCUT2D eigenvalue weighted by atomic mass is 32.2. The lowest BCUT2D eigenvalue weighted by Crippen LogP contribution is -2.29. The standard InChI is InChI=1S/C10H11N7O2S/c11-8(12)14-9(13)20-5-7(18)17-10(19)16-4-2-1-3-6(16)15-17/h1-4H,5H2,(H5,11,12,13,14). The molecule has 0 aliphatic rings. The van der Waals surface area contributed by atoms with E-state index in [9.17, 15) is 9.59 Å². The van der Waals surface area contributed by atoms with E-state index in [0.717, 1.165) is 16.4 Å². The molecule has 0 aliphatic carbocycles. The SMILES string of the molecule is N=C(N=C(N)N)SCC(=O)n1nc2ccccn2c1=O. The average Bonchev–Trinajstić information content (AvgIpc) is 2.73. The maximum atomic E-state index is 11.9. The number of pyridine rings is 1. The van der Waals surface area contributed by atoms with Gasteiger partial charge in [0.25, 0.3) is 5.91 Å². The van der Waals surface area contributed by atoms with Gasteiger partial charge in [-0.1, -0.05) is 17.8 Å². The summed E-state index contributed by atoms with van der Waals surface area (Å²) in [5.41, 5.74) is 10.0. The van der Waals surface area contributed by atoms with Crippen molar-refractivity contribution in [2.45, 2.75) is 0 Å². The first-order valence-corrected chi connectivity index (χ1v) is 6.38. The van der Waals surface area contributed by atoms with E-state index in [1.54, 1.807) is 18.2 Å². The molecule has 0 bridgehead atoms. The molecule has 0 saturated carbocycles. The Labute approximate surface area is 116 Å². The number of nitrogens with one attached hydrogen (secondary N) is 1. The molecule has 2 aromatic rings. The van der Waals surface area contributed by atoms with Crippen molar-refractivity contribution in [3.05, 3.63) is 34.9 Å². The molecule has 104 valence electrons. The largest absolute Gasteiger partial charge is 0.370 e. The molecule has 0 aliphatic heterocycles. The van der Waals surface area contributed by atoms with Crippen LogP contribution in [0, 0.1) is 5.41 Å². The van der Waals surface area contributed by atoms with Crippen LogP contribution in [-0.2, 0) is 0 Å². The highest BCUT2D eigenvalue weighted by molar-refractivity contribution is 8.14. The number of nitrogens with zero attached hydrogens (tertiary/aromatic N) is 4. The summed E-state index contributed by atoms with van der Waals surface area (Å²) in [6.45, 7) is 0. The summed E-state index contributed by atoms with van der Waals surface area (Å²) < 4.78 is 2.01. The van der Waals surface area contributed by atoms with Crippen molar-refractivity contribution in [3.8, 4) is 0 Å². The Hall–Kier alpha value is -2.62. The normalized spacial score (nSPS) is 10.4. The number of carbonyl (C=O) groups is 1. The number of carbonyl (C=O) groups excluding carboxylic acids is 1. The van der Waals surface area contributed by atoms with Gasteiger partial charge in [-0.25, -0.2) is 9.20 Å². The van der Waals surface area contributed by atoms with Crippen LogP contribution in [0.25, 0.3) is 5.65 Å². The maximum absolute atomic E-state index is 11.9. The summed E-state index contributed by atoms with van der Waals surface area (Å²) in [4.78, 5) is 27.2. The van der Waals surface area contributed by atoms with E-state index < -0.39 is 11.6 Å². The van der Waals surface area contributed by atoms with Gasteiger partial charge in [-0.2, -0.15) is 4.99 Å². The van der Waals surface area contributed by atoms with Gasteiger partial charge in [0, 0.05) is 6.20 Å². The van der Waals surface area contributed by atoms with Gasteiger partial charge < -0.3 is 11.5 Å². The van der Waals surface area contributed by atoms with E-state index in [4.69, 9.17) is 16.9 Å². The van der Waals surface area contributed by atoms with E-state index >= 15 is 0 Å². The third-order valence-corrected chi connectivity index (χ3v) is 2.98. The molecule has 0 spiro atoms. The monoisotopic (exact) mass is 293 g/mol. The molecule has 0 fully saturated rings. The molecular formula is C10H11N7O2S. The lowest BCUT2D eigenvalue weighted by molar-refractivity contribution is 0.0922. The van der Waals surface area contributed by atoms with Crippen molar-refractivity contribution in [2.24, 2.45) is 16.5 Å². The number of hydrogen-bond donors (Lipinski definition) is 3. The summed E-state index contributed by atoms with van der Waals surface area (Å²) in [5.74, 6) is -0.988. The Morgan fingerprint density at radius 2 is 2.20 bits per heavy atom. The van der Waals surface area contributed by atoms with Crippen LogP contribution >= 0.6 is 11.8 Å². The predicted octanol–water partition coefficient (Wildman–Crippen LogP) is -0.922. The second-order valence-electron chi connectivity index (χ2n) is 3.65. The third kappa shape index (κ3) is 2.85. The van der Waals surface area contributed by atoms with Crippen molar-refractivity contribution >= 4 is 34.4 Å². The van der Waals surface area contributed by atoms with Crippen LogP contribution in [0.1, 0.15) is 4.79 Å². The third-order valence-electron chi connectivity index (χ3n) is 2.23. The van der Waals surface area contributed by atoms with Crippen LogP contribution in [-0.4, -0.2) is 37.0 Å². The van der Waals surface area contributed by atoms with E-state index in [1.807, 2.05) is 0 Å². The lowest BCUT2D eigenvalue weighted by Gasteiger charge is -1.98. The van der Waals surface area contributed by atoms with Gasteiger partial charge in [-0.05, 0) is 12.1 Å². The zero-order chi connectivity index (χ0) is 14.7. The highest BCUT2D eigenvalue weighted by Crippen LogP contribution is 2.04. The topological polar surface area (TPSA) is 145 Å². The molecule has 0 saturated heterocycles. The van der Waals surface area contributed by atoms with Crippen molar-refractivity contribution < 1.29 is 4.79 Å². The van der Waals surface area contributed by atoms with Gasteiger partial charge >= 0.3 is 5.69 Å². The Kier molecular flexibility index (Phi) is 3.84. The Morgan fingerprint density at radius 1 is 1.45 bits per heavy atom. The van der Waals surface area contributed by atoms with Crippen molar-refractivity contribution in [1.29, 1.82) is 5.41 Å². The first-order chi connectivity index (χ1) is 9.49. The van der Waals surface area contributed by atoms with Crippen molar-refractivity contribution in [2.75, 3.05) is 5.75 Å². The number of aliphatic imine (C=N–C) groups is 1. The van der Waals surface area contributed by atoms with E-state index in [2.05, 4.69) is 10.1 Å². The molecule has 0 amide bonds. The van der Waals surface area contributed by atoms with Crippen LogP contribution in [0.15, 0.2) is 34.2 Å². The minimum absolute atomic E-state index is 0.167. The smallest absolute Gasteiger partial charge is 0.357 e. The molecule has 5 N–H and O–H groups in total. The molecule has 2 aromatic heterocycles. The van der Waals surface area contributed by atoms with Crippen molar-refractivity contribution in [1.82, 2.24) is 14.2 Å². The number of amidine groups is 1. The summed E-state index contributed by atoms with van der Waals surface area (Å²) in [7, 11) is 0. The first-order valence-electron chi connectivity index (χ1n) is 5.39. The summed E-state index contributed by atoms with van der Waals surface area (Å²) >= 11 is 0.804. The predicted molar refractivity (Wildman–Crippen MR) is 76.1 cm³/mol. The molecule has 20 heavy (non-hydrogen) atoms. The number of fused-ring (bicyclic) bond motifs is 1. The Bertz CT molecular complexity index is 756. The quantitative estimate of drug-likeness (QED) is 0.482. The number of rotatable bonds is 2. The van der Waals surface area contributed by atoms with E-state index in [0.29, 0.717) is 5.65 Å². The van der Waals surface area contributed by atoms with Gasteiger partial charge in [0.1, 0.15) is 0 Å². The van der Waals surface area contributed by atoms with E-state index in [1.165, 1.54) is 10.6 Å². The molecule has 0 radical (unpaired) electrons. The number of aromatic nitrogens is 3. The minimum Gasteiger partial charge on any atom is -0.370 e. The van der Waals surface area contributed by atoms with Crippen LogP contribution in [0.4, 0.5) is 0 Å². The average molecular weight is 293 g/mol. The van der Waals surface area contributed by atoms with Gasteiger partial charge in [0.15, 0.2) is 16.8 Å². The minimum atomic E-state index is -0.556. The second-order valence-corrected chi connectivity index (χ2v) is 4.61. The first kappa shape index (κ1) is 13.8. The molecule has 0 aromatic carbocycles. The molecular weight excluding hydrogens is 282 g/mol. The summed E-state index contributed by atoms with van der Waals surface area (Å²) in [6.07, 6.45) is 1.52. The lowest BCUT2D eigenvalue weighted by atomic mass is 10.5. The number of nitrogens with two attached hydrogens (primary N) is 2. The fourth-order valence-corrected chi connectivity index (χ4v) is 1.98. The van der Waals surface area contributed by atoms with Crippen molar-refractivity contribution in [3.63, 3.8) is 0 Å². The van der Waals surface area contributed by atoms with Gasteiger partial charge in [-0.15, -0.1) is 9.78 Å². The number of hydrogen-bond acceptors (Lipinski definition) is 5. The van der Waals surface area contributed by atoms with Crippen LogP contribution in [0.3, 0.4) is 0 Å². The second kappa shape index (κ2) is 5.57. The fourth-order valence-electron chi connectivity index (χ4n) is 1.43. The zero-order valence-electron chi connectivity index (χ0n) is 10.2. The Balaban J connectivity index is 2.16. The highest BCUT2D eigenvalue weighted by Gasteiger charge is 2.14. The maximum Gasteiger partial charge on any atom is 0.357 e.